The summed E-state index contributed by atoms with van der Waals surface area (Å²) in [5.74, 6) is 0. The molecule has 0 aliphatic heterocycles. The molecule has 2 nitrogen and oxygen atoms in total. The quantitative estimate of drug-likeness (QED) is 0.283. The molecule has 0 amide bonds. The lowest BCUT2D eigenvalue weighted by molar-refractivity contribution is 0.256. The van der Waals surface area contributed by atoms with Gasteiger partial charge in [-0.2, -0.15) is 12.6 Å². The van der Waals surface area contributed by atoms with Crippen molar-refractivity contribution in [2.24, 2.45) is 0 Å². The summed E-state index contributed by atoms with van der Waals surface area (Å²) >= 11 is 8.14. The minimum atomic E-state index is -0.604. The molecule has 0 bridgehead atoms. The molecule has 0 fully saturated rings. The van der Waals surface area contributed by atoms with Crippen molar-refractivity contribution in [1.82, 2.24) is 0 Å². The summed E-state index contributed by atoms with van der Waals surface area (Å²) in [5.41, 5.74) is -0.604. The maximum absolute atomic E-state index is 9.05. The van der Waals surface area contributed by atoms with E-state index in [4.69, 9.17) is 10.2 Å². The molecule has 0 aliphatic carbocycles. The van der Waals surface area contributed by atoms with Crippen LogP contribution in [-0.2, 0) is 0 Å². The Balaban J connectivity index is 3.06. The Hall–Kier alpha value is 0.620. The van der Waals surface area contributed by atoms with Gasteiger partial charge < -0.3 is 10.2 Å². The fourth-order valence-electron chi connectivity index (χ4n) is 1.32. The Bertz CT molecular complexity index is 121. The number of aliphatic hydroxyl groups excluding tert-OH is 2. The van der Waals surface area contributed by atoms with E-state index in [1.807, 2.05) is 0 Å². The Morgan fingerprint density at radius 3 is 1.86 bits per heavy atom. The van der Waals surface area contributed by atoms with Gasteiger partial charge in [-0.05, 0) is 12.8 Å². The van der Waals surface area contributed by atoms with Crippen LogP contribution in [0, 0.1) is 0 Å². The van der Waals surface area contributed by atoms with Crippen LogP contribution in [0.25, 0.3) is 0 Å². The van der Waals surface area contributed by atoms with Crippen LogP contribution in [0.4, 0.5) is 0 Å². The molecule has 0 radical (unpaired) electrons. The fraction of sp³-hybridized carbons (Fsp3) is 1.00. The first-order valence-electron chi connectivity index (χ1n) is 5.33. The van der Waals surface area contributed by atoms with Gasteiger partial charge in [0.15, 0.2) is 0 Å². The second-order valence-electron chi connectivity index (χ2n) is 3.61. The zero-order chi connectivity index (χ0) is 10.8. The topological polar surface area (TPSA) is 40.5 Å². The zero-order valence-electron chi connectivity index (χ0n) is 8.60. The van der Waals surface area contributed by atoms with Gasteiger partial charge in [-0.15, -0.1) is 12.6 Å². The molecular formula is C10H22O2S2. The van der Waals surface area contributed by atoms with Gasteiger partial charge in [-0.1, -0.05) is 32.1 Å². The van der Waals surface area contributed by atoms with Crippen molar-refractivity contribution in [3.8, 4) is 0 Å². The third-order valence-electron chi connectivity index (χ3n) is 2.25. The zero-order valence-corrected chi connectivity index (χ0v) is 10.4. The lowest BCUT2D eigenvalue weighted by atomic mass is 10.1. The highest BCUT2D eigenvalue weighted by atomic mass is 32.1. The smallest absolute Gasteiger partial charge is 0.108 e. The van der Waals surface area contributed by atoms with E-state index in [1.54, 1.807) is 0 Å². The monoisotopic (exact) mass is 238 g/mol. The highest BCUT2D eigenvalue weighted by Crippen LogP contribution is 2.15. The molecule has 0 aromatic heterocycles. The van der Waals surface area contributed by atoms with Gasteiger partial charge in [0, 0.05) is 11.9 Å². The first-order chi connectivity index (χ1) is 6.68. The van der Waals surface area contributed by atoms with E-state index in [9.17, 15) is 0 Å². The molecule has 2 N–H and O–H groups in total. The molecule has 0 saturated carbocycles. The van der Waals surface area contributed by atoms with Crippen LogP contribution in [0.2, 0.25) is 0 Å². The van der Waals surface area contributed by atoms with Crippen LogP contribution in [0.15, 0.2) is 0 Å². The number of hydrogen-bond donors (Lipinski definition) is 4. The third kappa shape index (κ3) is 9.19. The maximum Gasteiger partial charge on any atom is 0.108 e. The molecule has 86 valence electrons. The molecule has 14 heavy (non-hydrogen) atoms. The maximum atomic E-state index is 9.05. The van der Waals surface area contributed by atoms with Gasteiger partial charge in [-0.25, -0.2) is 0 Å². The van der Waals surface area contributed by atoms with Gasteiger partial charge >= 0.3 is 0 Å². The molecule has 0 aliphatic rings. The van der Waals surface area contributed by atoms with Crippen molar-refractivity contribution in [2.45, 2.75) is 55.6 Å². The highest BCUT2D eigenvalue weighted by Gasteiger charge is 2.09. The van der Waals surface area contributed by atoms with Crippen molar-refractivity contribution in [3.63, 3.8) is 0 Å². The van der Waals surface area contributed by atoms with E-state index in [2.05, 4.69) is 25.3 Å². The Morgan fingerprint density at radius 2 is 1.36 bits per heavy atom. The van der Waals surface area contributed by atoms with Crippen LogP contribution < -0.4 is 0 Å². The summed E-state index contributed by atoms with van der Waals surface area (Å²) in [7, 11) is 0. The van der Waals surface area contributed by atoms with Gasteiger partial charge in [0.05, 0.1) is 0 Å². The third-order valence-corrected chi connectivity index (χ3v) is 3.39. The highest BCUT2D eigenvalue weighted by molar-refractivity contribution is 7.85. The Morgan fingerprint density at radius 1 is 0.857 bits per heavy atom. The van der Waals surface area contributed by atoms with Gasteiger partial charge in [0.25, 0.3) is 0 Å². The molecule has 0 spiro atoms. The second kappa shape index (κ2) is 10.1. The number of unbranched alkanes of at least 4 members (excludes halogenated alkanes) is 5. The van der Waals surface area contributed by atoms with Crippen molar-refractivity contribution in [2.75, 3.05) is 6.61 Å². The number of rotatable bonds is 9. The summed E-state index contributed by atoms with van der Waals surface area (Å²) in [4.78, 5) is 0. The van der Waals surface area contributed by atoms with E-state index >= 15 is 0 Å². The van der Waals surface area contributed by atoms with Crippen molar-refractivity contribution in [1.29, 1.82) is 0 Å². The standard InChI is InChI=1S/C10H22O2S2/c11-8-6-4-2-1-3-5-7-9(13)10(12)14/h9-14H,1-8H2. The average Bonchev–Trinajstić information content (AvgIpc) is 2.16. The van der Waals surface area contributed by atoms with Crippen LogP contribution in [0.3, 0.4) is 0 Å². The summed E-state index contributed by atoms with van der Waals surface area (Å²) in [5, 5.41) is 17.6. The van der Waals surface area contributed by atoms with E-state index in [-0.39, 0.29) is 5.25 Å². The minimum Gasteiger partial charge on any atom is -0.396 e. The lowest BCUT2D eigenvalue weighted by Gasteiger charge is -2.12. The molecule has 2 atom stereocenters. The minimum absolute atomic E-state index is 0.00391. The van der Waals surface area contributed by atoms with E-state index < -0.39 is 5.44 Å². The summed E-state index contributed by atoms with van der Waals surface area (Å²) in [6.07, 6.45) is 7.66. The summed E-state index contributed by atoms with van der Waals surface area (Å²) < 4.78 is 0. The second-order valence-corrected chi connectivity index (χ2v) is 4.81. The predicted molar refractivity (Wildman–Crippen MR) is 67.2 cm³/mol. The first-order valence-corrected chi connectivity index (χ1v) is 6.37. The van der Waals surface area contributed by atoms with E-state index in [0.29, 0.717) is 6.61 Å². The first kappa shape index (κ1) is 14.6. The SMILES string of the molecule is OCCCCCCCCC(S)C(O)S. The molecule has 0 rings (SSSR count). The molecule has 0 saturated heterocycles. The van der Waals surface area contributed by atoms with Gasteiger partial charge in [0.1, 0.15) is 5.44 Å². The molecule has 0 aromatic carbocycles. The number of hydrogen-bond acceptors (Lipinski definition) is 4. The van der Waals surface area contributed by atoms with Crippen molar-refractivity contribution >= 4 is 25.3 Å². The molecule has 0 heterocycles. The summed E-state index contributed by atoms with van der Waals surface area (Å²) in [6, 6.07) is 0. The van der Waals surface area contributed by atoms with E-state index in [1.165, 1.54) is 19.3 Å². The Labute approximate surface area is 97.9 Å². The van der Waals surface area contributed by atoms with Gasteiger partial charge in [-0.3, -0.25) is 0 Å². The van der Waals surface area contributed by atoms with Crippen molar-refractivity contribution < 1.29 is 10.2 Å². The van der Waals surface area contributed by atoms with Crippen LogP contribution in [0.5, 0.6) is 0 Å². The predicted octanol–water partition coefficient (Wildman–Crippen LogP) is 2.26. The van der Waals surface area contributed by atoms with Crippen LogP contribution >= 0.6 is 25.3 Å². The largest absolute Gasteiger partial charge is 0.396 e. The van der Waals surface area contributed by atoms with Crippen LogP contribution in [0.1, 0.15) is 44.9 Å². The number of aliphatic hydroxyl groups is 2. The van der Waals surface area contributed by atoms with Crippen molar-refractivity contribution in [3.05, 3.63) is 0 Å². The lowest BCUT2D eigenvalue weighted by Crippen LogP contribution is -2.13. The molecular weight excluding hydrogens is 216 g/mol. The fourth-order valence-corrected chi connectivity index (χ4v) is 1.65. The van der Waals surface area contributed by atoms with Crippen LogP contribution in [-0.4, -0.2) is 27.5 Å². The Kier molecular flexibility index (Phi) is 10.6. The normalized spacial score (nSPS) is 15.4. The van der Waals surface area contributed by atoms with Gasteiger partial charge in [0.2, 0.25) is 0 Å². The van der Waals surface area contributed by atoms with E-state index in [0.717, 1.165) is 25.7 Å². The molecule has 0 aromatic rings. The average molecular weight is 238 g/mol. The molecule has 4 heteroatoms. The summed E-state index contributed by atoms with van der Waals surface area (Å²) in [6.45, 7) is 0.310. The number of thiol groups is 2. The molecule has 2 unspecified atom stereocenters.